The van der Waals surface area contributed by atoms with Crippen molar-refractivity contribution in [3.8, 4) is 0 Å². The number of aldehydes is 3. The van der Waals surface area contributed by atoms with Crippen LogP contribution in [0.5, 0.6) is 0 Å². The smallest absolute Gasteiger partial charge is 0.338 e. The molecule has 8 aromatic rings. The molecule has 526 valence electrons. The van der Waals surface area contributed by atoms with Crippen LogP contribution in [0.4, 0.5) is 0 Å². The molecule has 0 amide bonds. The van der Waals surface area contributed by atoms with Crippen molar-refractivity contribution in [1.29, 1.82) is 0 Å². The number of carboxylic acid groups (broad SMARTS) is 3. The van der Waals surface area contributed by atoms with Crippen molar-refractivity contribution in [3.63, 3.8) is 0 Å². The van der Waals surface area contributed by atoms with Crippen LogP contribution >= 0.6 is 0 Å². The number of carbonyl (C=O) groups excluding carboxylic acids is 9. The summed E-state index contributed by atoms with van der Waals surface area (Å²) in [6, 6.07) is 45.7. The zero-order chi connectivity index (χ0) is 75.5. The first-order valence-corrected chi connectivity index (χ1v) is 28.9. The van der Waals surface area contributed by atoms with Gasteiger partial charge in [-0.05, 0) is 98.3 Å². The lowest BCUT2D eigenvalue weighted by atomic mass is 10.1. The number of aromatic carboxylic acids is 3. The van der Waals surface area contributed by atoms with Gasteiger partial charge in [0.15, 0.2) is 29.9 Å². The monoisotopic (exact) mass is 1370 g/mol. The molecular weight excluding hydrogens is 1300 g/mol. The number of nitrogens with zero attached hydrogens (tertiary/aromatic N) is 6. The van der Waals surface area contributed by atoms with Crippen LogP contribution in [0.2, 0.25) is 0 Å². The van der Waals surface area contributed by atoms with E-state index in [4.69, 9.17) is 19.7 Å². The molecule has 0 aliphatic rings. The number of carbonyl (C=O) groups is 12. The van der Waals surface area contributed by atoms with Gasteiger partial charge >= 0.3 is 41.8 Å². The SMILES string of the molecule is C=CC(=O)OC.CC(=O)c1cccc(/C=N/N(C)C)c1.CC(=O)c1cccc(C=O)c1.CN(C)/N=C/c1ccco1.COC(=O)c1ccccc1/C=N/N(C)C.COC(=O)c1ccccc1C(=O)O.COC(=O)c1ccccc1C=O.O=C(O)c1cccc(C(=O)O)c1.O=Cc1ccco1. The number of esters is 4. The van der Waals surface area contributed by atoms with E-state index in [1.807, 2.05) is 84.8 Å². The Morgan fingerprint density at radius 2 is 0.780 bits per heavy atom. The van der Waals surface area contributed by atoms with Gasteiger partial charge in [-0.25, -0.2) is 33.6 Å². The lowest BCUT2D eigenvalue weighted by Crippen LogP contribution is -2.09. The Kier molecular flexibility index (Phi) is 43.5. The quantitative estimate of drug-likeness (QED) is 0.0137. The molecular formula is C73H78N6O21. The normalized spacial score (nSPS) is 9.52. The third-order valence-corrected chi connectivity index (χ3v) is 11.4. The predicted molar refractivity (Wildman–Crippen MR) is 373 cm³/mol. The van der Waals surface area contributed by atoms with Crippen molar-refractivity contribution in [2.24, 2.45) is 15.3 Å². The van der Waals surface area contributed by atoms with Crippen LogP contribution < -0.4 is 0 Å². The number of rotatable bonds is 18. The van der Waals surface area contributed by atoms with Crippen LogP contribution in [0.25, 0.3) is 0 Å². The summed E-state index contributed by atoms with van der Waals surface area (Å²) >= 11 is 0. The summed E-state index contributed by atoms with van der Waals surface area (Å²) in [4.78, 5) is 127. The van der Waals surface area contributed by atoms with Gasteiger partial charge in [0.2, 0.25) is 0 Å². The summed E-state index contributed by atoms with van der Waals surface area (Å²) in [6.45, 7) is 6.19. The van der Waals surface area contributed by atoms with E-state index in [-0.39, 0.29) is 39.8 Å². The molecule has 0 atom stereocenters. The van der Waals surface area contributed by atoms with Crippen LogP contribution in [0.15, 0.2) is 219 Å². The molecule has 0 fully saturated rings. The first-order chi connectivity index (χ1) is 47.6. The zero-order valence-corrected chi connectivity index (χ0v) is 56.9. The number of hydrogen-bond donors (Lipinski definition) is 3. The van der Waals surface area contributed by atoms with Gasteiger partial charge in [-0.1, -0.05) is 97.6 Å². The van der Waals surface area contributed by atoms with Crippen LogP contribution in [0.3, 0.4) is 0 Å². The van der Waals surface area contributed by atoms with Crippen molar-refractivity contribution in [2.45, 2.75) is 13.8 Å². The molecule has 0 aliphatic carbocycles. The van der Waals surface area contributed by atoms with Gasteiger partial charge in [-0.15, -0.1) is 0 Å². The van der Waals surface area contributed by atoms with E-state index in [0.717, 1.165) is 35.3 Å². The highest BCUT2D eigenvalue weighted by Gasteiger charge is 2.16. The summed E-state index contributed by atoms with van der Waals surface area (Å²) in [7, 11) is 16.2. The molecule has 100 heavy (non-hydrogen) atoms. The Balaban J connectivity index is 0.00000111. The minimum Gasteiger partial charge on any atom is -0.478 e. The Morgan fingerprint density at radius 1 is 0.390 bits per heavy atom. The van der Waals surface area contributed by atoms with Gasteiger partial charge < -0.3 is 58.1 Å². The number of hydrazone groups is 3. The fraction of sp³-hybridized carbons (Fsp3) is 0.164. The minimum atomic E-state index is -1.14. The molecule has 0 saturated heterocycles. The number of benzene rings is 6. The van der Waals surface area contributed by atoms with Gasteiger partial charge in [-0.2, -0.15) is 15.3 Å². The average molecular weight is 1380 g/mol. The third-order valence-electron chi connectivity index (χ3n) is 11.4. The number of carboxylic acids is 3. The molecule has 2 aromatic heterocycles. The maximum absolute atomic E-state index is 11.4. The van der Waals surface area contributed by atoms with Crippen molar-refractivity contribution in [3.05, 3.63) is 273 Å². The second-order valence-corrected chi connectivity index (χ2v) is 19.4. The van der Waals surface area contributed by atoms with Crippen molar-refractivity contribution in [1.82, 2.24) is 15.0 Å². The molecule has 0 spiro atoms. The lowest BCUT2D eigenvalue weighted by molar-refractivity contribution is -0.134. The average Bonchev–Trinajstić information content (AvgIpc) is 1.38. The number of Topliss-reactive ketones (excluding diaryl/α,β-unsaturated/α-hetero) is 2. The molecule has 27 nitrogen and oxygen atoms in total. The Labute approximate surface area is 577 Å². The fourth-order valence-corrected chi connectivity index (χ4v) is 6.55. The molecule has 8 rings (SSSR count). The van der Waals surface area contributed by atoms with E-state index in [1.54, 1.807) is 138 Å². The van der Waals surface area contributed by atoms with E-state index in [0.29, 0.717) is 51.7 Å². The highest BCUT2D eigenvalue weighted by atomic mass is 16.5. The van der Waals surface area contributed by atoms with Crippen LogP contribution in [-0.2, 0) is 23.7 Å². The molecule has 0 bridgehead atoms. The second kappa shape index (κ2) is 50.1. The second-order valence-electron chi connectivity index (χ2n) is 19.4. The summed E-state index contributed by atoms with van der Waals surface area (Å²) in [5.74, 6) is -4.06. The molecule has 2 heterocycles. The predicted octanol–water partition coefficient (Wildman–Crippen LogP) is 11.0. The number of hydrogen-bond acceptors (Lipinski definition) is 24. The standard InChI is InChI=1S/C11H14N2O2.C11H14N2O.C9H8O4.C9H8O3.C9H8O2.C8H6O4.C7H10N2O.C5H4O2.C4H6O2/c1-13(2)12-8-9-6-4-5-7-10(9)11(14)15-3;1-9(14)11-6-4-5-10(7-11)8-12-13(2)3;1-13-9(12)7-5-3-2-4-6(7)8(10)11;1-12-9(11)8-5-3-2-4-7(8)6-10;1-7(11)9-4-2-3-8(5-9)6-10;9-7(10)5-2-1-3-6(4-5)8(11)12;1-9(2)8-6-7-4-3-5-10-7;6-4-5-2-1-3-7-5;1-3-4(5)6-2/h4-8H,1-3H3;4-8H,1-3H3;2-5H,1H3,(H,10,11);2-6H,1H3;2-6H,1H3;1-4H,(H,9,10)(H,11,12);3-6H,1-2H3;1-4H;3H,1H2,2H3/b2*12-8+;;;;;8-6+;;. The van der Waals surface area contributed by atoms with Gasteiger partial charge in [-0.3, -0.25) is 24.0 Å². The number of methoxy groups -OCH3 is 4. The molecule has 3 N–H and O–H groups in total. The first kappa shape index (κ1) is 86.7. The molecule has 0 unspecified atom stereocenters. The maximum Gasteiger partial charge on any atom is 0.338 e. The lowest BCUT2D eigenvalue weighted by Gasteiger charge is -2.05. The van der Waals surface area contributed by atoms with Gasteiger partial charge in [0.05, 0.1) is 93.0 Å². The van der Waals surface area contributed by atoms with Crippen molar-refractivity contribution in [2.75, 3.05) is 70.7 Å². The molecule has 0 saturated carbocycles. The number of ketones is 2. The topological polar surface area (TPSA) is 376 Å². The van der Waals surface area contributed by atoms with E-state index < -0.39 is 35.8 Å². The van der Waals surface area contributed by atoms with E-state index in [9.17, 15) is 57.5 Å². The zero-order valence-electron chi connectivity index (χ0n) is 56.9. The van der Waals surface area contributed by atoms with E-state index >= 15 is 0 Å². The third kappa shape index (κ3) is 36.9. The molecule has 0 aliphatic heterocycles. The van der Waals surface area contributed by atoms with Gasteiger partial charge in [0.1, 0.15) is 12.0 Å². The molecule has 0 radical (unpaired) electrons. The highest BCUT2D eigenvalue weighted by Crippen LogP contribution is 2.12. The molecule has 27 heteroatoms. The van der Waals surface area contributed by atoms with Crippen molar-refractivity contribution < 1.29 is 101 Å². The minimum absolute atomic E-state index is 0.0186. The highest BCUT2D eigenvalue weighted by molar-refractivity contribution is 6.03. The largest absolute Gasteiger partial charge is 0.478 e. The van der Waals surface area contributed by atoms with E-state index in [1.165, 1.54) is 72.0 Å². The van der Waals surface area contributed by atoms with Gasteiger partial charge in [0.25, 0.3) is 0 Å². The molecule has 6 aromatic carbocycles. The fourth-order valence-electron chi connectivity index (χ4n) is 6.55. The van der Waals surface area contributed by atoms with Crippen LogP contribution in [0.1, 0.15) is 145 Å². The Hall–Kier alpha value is -13.3. The summed E-state index contributed by atoms with van der Waals surface area (Å²) in [6.07, 6.45) is 11.2. The van der Waals surface area contributed by atoms with E-state index in [2.05, 4.69) is 45.2 Å². The summed E-state index contributed by atoms with van der Waals surface area (Å²) < 4.78 is 27.3. The number of ether oxygens (including phenoxy) is 4. The summed E-state index contributed by atoms with van der Waals surface area (Å²) in [5.41, 5.74) is 4.67. The Bertz CT molecular complexity index is 3980. The van der Waals surface area contributed by atoms with Crippen molar-refractivity contribution >= 4 is 90.9 Å². The maximum atomic E-state index is 11.4. The van der Waals surface area contributed by atoms with Gasteiger partial charge in [0, 0.05) is 76.2 Å². The Morgan fingerprint density at radius 3 is 1.16 bits per heavy atom. The number of furan rings is 2. The van der Waals surface area contributed by atoms with Crippen LogP contribution in [-0.4, -0.2) is 192 Å². The first-order valence-electron chi connectivity index (χ1n) is 28.9. The summed E-state index contributed by atoms with van der Waals surface area (Å²) in [5, 5.41) is 42.9. The van der Waals surface area contributed by atoms with Crippen LogP contribution in [0, 0.1) is 0 Å².